The van der Waals surface area contributed by atoms with Crippen molar-refractivity contribution >= 4 is 10.0 Å². The van der Waals surface area contributed by atoms with Gasteiger partial charge in [-0.3, -0.25) is 0 Å². The van der Waals surface area contributed by atoms with Crippen molar-refractivity contribution in [2.45, 2.75) is 50.8 Å². The van der Waals surface area contributed by atoms with Crippen molar-refractivity contribution < 1.29 is 13.5 Å². The average Bonchev–Trinajstić information content (AvgIpc) is 2.40. The Balaban J connectivity index is 2.23. The zero-order valence-electron chi connectivity index (χ0n) is 8.39. The van der Waals surface area contributed by atoms with E-state index in [0.29, 0.717) is 12.8 Å². The summed E-state index contributed by atoms with van der Waals surface area (Å²) in [7, 11) is -3.06. The van der Waals surface area contributed by atoms with Gasteiger partial charge in [-0.15, -0.1) is 0 Å². The van der Waals surface area contributed by atoms with Gasteiger partial charge in [-0.1, -0.05) is 0 Å². The molecule has 14 heavy (non-hydrogen) atoms. The quantitative estimate of drug-likeness (QED) is 0.728. The van der Waals surface area contributed by atoms with Crippen LogP contribution in [0.15, 0.2) is 0 Å². The molecule has 0 saturated carbocycles. The second kappa shape index (κ2) is 3.47. The van der Waals surface area contributed by atoms with Crippen LogP contribution in [-0.2, 0) is 10.0 Å². The van der Waals surface area contributed by atoms with Crippen molar-refractivity contribution in [3.63, 3.8) is 0 Å². The zero-order chi connectivity index (χ0) is 10.3. The Bertz CT molecular complexity index is 300. The maximum Gasteiger partial charge on any atom is 0.214 e. The highest BCUT2D eigenvalue weighted by Gasteiger charge is 2.45. The lowest BCUT2D eigenvalue weighted by Crippen LogP contribution is -2.48. The number of hydrogen-bond acceptors (Lipinski definition) is 3. The van der Waals surface area contributed by atoms with Crippen LogP contribution in [0.25, 0.3) is 0 Å². The third-order valence-corrected chi connectivity index (χ3v) is 5.30. The SMILES string of the molecule is CCS(=O)(=O)N1C2CCC1CC(O)C2. The Hall–Kier alpha value is -0.130. The summed E-state index contributed by atoms with van der Waals surface area (Å²) >= 11 is 0. The highest BCUT2D eigenvalue weighted by molar-refractivity contribution is 7.89. The summed E-state index contributed by atoms with van der Waals surface area (Å²) in [5.41, 5.74) is 0. The summed E-state index contributed by atoms with van der Waals surface area (Å²) in [6.45, 7) is 1.68. The Morgan fingerprint density at radius 3 is 2.21 bits per heavy atom. The summed E-state index contributed by atoms with van der Waals surface area (Å²) in [6.07, 6.45) is 2.78. The number of fused-ring (bicyclic) bond motifs is 2. The van der Waals surface area contributed by atoms with Crippen LogP contribution in [0.1, 0.15) is 32.6 Å². The molecule has 2 fully saturated rings. The summed E-state index contributed by atoms with van der Waals surface area (Å²) in [5.74, 6) is 0.177. The number of sulfonamides is 1. The minimum absolute atomic E-state index is 0.0636. The smallest absolute Gasteiger partial charge is 0.214 e. The molecule has 0 aliphatic carbocycles. The van der Waals surface area contributed by atoms with E-state index in [-0.39, 0.29) is 23.9 Å². The van der Waals surface area contributed by atoms with Crippen LogP contribution in [0.4, 0.5) is 0 Å². The van der Waals surface area contributed by atoms with Gasteiger partial charge < -0.3 is 5.11 Å². The number of rotatable bonds is 2. The van der Waals surface area contributed by atoms with Gasteiger partial charge in [0.1, 0.15) is 0 Å². The minimum Gasteiger partial charge on any atom is -0.393 e. The van der Waals surface area contributed by atoms with E-state index >= 15 is 0 Å². The lowest BCUT2D eigenvalue weighted by atomic mass is 10.0. The normalized spacial score (nSPS) is 38.9. The predicted molar refractivity (Wildman–Crippen MR) is 53.4 cm³/mol. The second-order valence-electron chi connectivity index (χ2n) is 4.24. The molecular formula is C9H17NO3S. The van der Waals surface area contributed by atoms with E-state index in [9.17, 15) is 13.5 Å². The molecule has 2 bridgehead atoms. The lowest BCUT2D eigenvalue weighted by molar-refractivity contribution is 0.0769. The molecule has 0 aromatic heterocycles. The van der Waals surface area contributed by atoms with Crippen molar-refractivity contribution in [1.29, 1.82) is 0 Å². The molecule has 0 amide bonds. The van der Waals surface area contributed by atoms with Crippen molar-refractivity contribution in [2.24, 2.45) is 0 Å². The molecule has 2 aliphatic heterocycles. The molecule has 2 saturated heterocycles. The maximum absolute atomic E-state index is 11.8. The van der Waals surface area contributed by atoms with E-state index in [0.717, 1.165) is 12.8 Å². The topological polar surface area (TPSA) is 57.6 Å². The van der Waals surface area contributed by atoms with Crippen LogP contribution in [0.3, 0.4) is 0 Å². The Labute approximate surface area is 85.0 Å². The minimum atomic E-state index is -3.06. The van der Waals surface area contributed by atoms with E-state index in [1.807, 2.05) is 0 Å². The summed E-state index contributed by atoms with van der Waals surface area (Å²) in [6, 6.07) is 0.127. The molecule has 1 N–H and O–H groups in total. The van der Waals surface area contributed by atoms with Gasteiger partial charge in [-0.25, -0.2) is 8.42 Å². The van der Waals surface area contributed by atoms with Crippen molar-refractivity contribution in [1.82, 2.24) is 4.31 Å². The third-order valence-electron chi connectivity index (χ3n) is 3.33. The first-order valence-electron chi connectivity index (χ1n) is 5.24. The van der Waals surface area contributed by atoms with E-state index < -0.39 is 10.0 Å². The Morgan fingerprint density at radius 2 is 1.79 bits per heavy atom. The van der Waals surface area contributed by atoms with Crippen molar-refractivity contribution in [2.75, 3.05) is 5.75 Å². The molecule has 4 nitrogen and oxygen atoms in total. The molecule has 0 spiro atoms. The first-order chi connectivity index (χ1) is 6.54. The van der Waals surface area contributed by atoms with Gasteiger partial charge in [-0.2, -0.15) is 4.31 Å². The highest BCUT2D eigenvalue weighted by Crippen LogP contribution is 2.37. The van der Waals surface area contributed by atoms with E-state index in [2.05, 4.69) is 0 Å². The van der Waals surface area contributed by atoms with E-state index in [4.69, 9.17) is 0 Å². The molecule has 2 unspecified atom stereocenters. The molecule has 2 heterocycles. The standard InChI is InChI=1S/C9H17NO3S/c1-2-14(12,13)10-7-3-4-8(10)6-9(11)5-7/h7-9,11H,2-6H2,1H3. The van der Waals surface area contributed by atoms with Gasteiger partial charge >= 0.3 is 0 Å². The molecular weight excluding hydrogens is 202 g/mol. The number of aliphatic hydroxyl groups is 1. The van der Waals surface area contributed by atoms with Crippen LogP contribution < -0.4 is 0 Å². The summed E-state index contributed by atoms with van der Waals surface area (Å²) in [5, 5.41) is 9.52. The van der Waals surface area contributed by atoms with Gasteiger partial charge in [0, 0.05) is 12.1 Å². The lowest BCUT2D eigenvalue weighted by Gasteiger charge is -2.35. The zero-order valence-corrected chi connectivity index (χ0v) is 9.20. The van der Waals surface area contributed by atoms with E-state index in [1.165, 1.54) is 0 Å². The fraction of sp³-hybridized carbons (Fsp3) is 1.00. The summed E-state index contributed by atoms with van der Waals surface area (Å²) in [4.78, 5) is 0. The van der Waals surface area contributed by atoms with Gasteiger partial charge in [0.25, 0.3) is 0 Å². The van der Waals surface area contributed by atoms with Gasteiger partial charge in [0.2, 0.25) is 10.0 Å². The third kappa shape index (κ3) is 1.57. The number of hydrogen-bond donors (Lipinski definition) is 1. The van der Waals surface area contributed by atoms with Crippen LogP contribution in [0.2, 0.25) is 0 Å². The number of piperidine rings is 1. The molecule has 2 rings (SSSR count). The molecule has 2 aliphatic rings. The molecule has 2 atom stereocenters. The van der Waals surface area contributed by atoms with Crippen LogP contribution in [-0.4, -0.2) is 41.8 Å². The van der Waals surface area contributed by atoms with Crippen molar-refractivity contribution in [3.8, 4) is 0 Å². The molecule has 5 heteroatoms. The van der Waals surface area contributed by atoms with Crippen LogP contribution >= 0.6 is 0 Å². The molecule has 0 aromatic rings. The van der Waals surface area contributed by atoms with Gasteiger partial charge in [0.15, 0.2) is 0 Å². The number of aliphatic hydroxyl groups excluding tert-OH is 1. The fourth-order valence-corrected chi connectivity index (χ4v) is 4.30. The van der Waals surface area contributed by atoms with Crippen LogP contribution in [0.5, 0.6) is 0 Å². The highest BCUT2D eigenvalue weighted by atomic mass is 32.2. The van der Waals surface area contributed by atoms with E-state index in [1.54, 1.807) is 11.2 Å². The first-order valence-corrected chi connectivity index (χ1v) is 6.84. The first kappa shape index (κ1) is 10.4. The average molecular weight is 219 g/mol. The summed E-state index contributed by atoms with van der Waals surface area (Å²) < 4.78 is 25.2. The number of nitrogens with zero attached hydrogens (tertiary/aromatic N) is 1. The Morgan fingerprint density at radius 1 is 1.29 bits per heavy atom. The fourth-order valence-electron chi connectivity index (χ4n) is 2.71. The van der Waals surface area contributed by atoms with Crippen molar-refractivity contribution in [3.05, 3.63) is 0 Å². The Kier molecular flexibility index (Phi) is 2.57. The predicted octanol–water partition coefficient (Wildman–Crippen LogP) is 0.324. The van der Waals surface area contributed by atoms with Crippen LogP contribution in [0, 0.1) is 0 Å². The maximum atomic E-state index is 11.8. The molecule has 0 aromatic carbocycles. The second-order valence-corrected chi connectivity index (χ2v) is 6.40. The molecule has 82 valence electrons. The van der Waals surface area contributed by atoms with Gasteiger partial charge in [0.05, 0.1) is 11.9 Å². The molecule has 0 radical (unpaired) electrons. The largest absolute Gasteiger partial charge is 0.393 e. The monoisotopic (exact) mass is 219 g/mol. The van der Waals surface area contributed by atoms with Gasteiger partial charge in [-0.05, 0) is 32.6 Å².